The van der Waals surface area contributed by atoms with E-state index < -0.39 is 5.25 Å². The van der Waals surface area contributed by atoms with E-state index in [1.165, 1.54) is 23.1 Å². The highest BCUT2D eigenvalue weighted by Crippen LogP contribution is 2.36. The number of hydrogen-bond acceptors (Lipinski definition) is 4. The Bertz CT molecular complexity index is 749. The molecule has 2 fully saturated rings. The number of carbonyl (C=O) groups excluding carboxylic acids is 2. The number of halogens is 2. The molecule has 0 bridgehead atoms. The standard InChI is InChI=1S/C18H20Br2N2O2S2/c1-10-5-11(2)9-21(8-10)18(25)26-15-7-16(23)22(17(15)24)14-4-3-12(19)6-13(14)20/h3-4,6,10-11,15H,5,7-9H2,1-2H3. The SMILES string of the molecule is CC1CC(C)CN(C(=S)SC2CC(=O)N(c3ccc(Br)cc3Br)C2=O)C1. The summed E-state index contributed by atoms with van der Waals surface area (Å²) in [7, 11) is 0. The molecule has 0 N–H and O–H groups in total. The Morgan fingerprint density at radius 2 is 1.85 bits per heavy atom. The highest BCUT2D eigenvalue weighted by Gasteiger charge is 2.42. The predicted molar refractivity (Wildman–Crippen MR) is 117 cm³/mol. The van der Waals surface area contributed by atoms with E-state index in [2.05, 4.69) is 50.6 Å². The Hall–Kier alpha value is -0.440. The van der Waals surface area contributed by atoms with Crippen LogP contribution in [0.15, 0.2) is 27.1 Å². The van der Waals surface area contributed by atoms with Crippen LogP contribution in [0.1, 0.15) is 26.7 Å². The lowest BCUT2D eigenvalue weighted by atomic mass is 9.92. The van der Waals surface area contributed by atoms with E-state index in [1.807, 2.05) is 12.1 Å². The zero-order valence-corrected chi connectivity index (χ0v) is 19.4. The molecule has 1 aromatic rings. The Kier molecular flexibility index (Phi) is 6.47. The summed E-state index contributed by atoms with van der Waals surface area (Å²) in [6, 6.07) is 5.42. The summed E-state index contributed by atoms with van der Waals surface area (Å²) in [5.41, 5.74) is 0.581. The fraction of sp³-hybridized carbons (Fsp3) is 0.500. The minimum absolute atomic E-state index is 0.182. The number of carbonyl (C=O) groups is 2. The van der Waals surface area contributed by atoms with Crippen LogP contribution in [0.4, 0.5) is 5.69 Å². The van der Waals surface area contributed by atoms with Gasteiger partial charge in [-0.1, -0.05) is 53.8 Å². The number of nitrogens with zero attached hydrogens (tertiary/aromatic N) is 2. The molecular weight excluding hydrogens is 500 g/mol. The molecule has 1 aromatic carbocycles. The summed E-state index contributed by atoms with van der Waals surface area (Å²) in [5.74, 6) is 0.809. The zero-order chi connectivity index (χ0) is 19.0. The van der Waals surface area contributed by atoms with Gasteiger partial charge < -0.3 is 4.90 Å². The van der Waals surface area contributed by atoms with Gasteiger partial charge in [0.15, 0.2) is 0 Å². The first-order chi connectivity index (χ1) is 12.3. The molecule has 4 nitrogen and oxygen atoms in total. The summed E-state index contributed by atoms with van der Waals surface area (Å²) in [5, 5.41) is -0.446. The highest BCUT2D eigenvalue weighted by molar-refractivity contribution is 9.11. The molecule has 0 aromatic heterocycles. The van der Waals surface area contributed by atoms with E-state index in [4.69, 9.17) is 12.2 Å². The van der Waals surface area contributed by atoms with E-state index in [0.717, 1.165) is 21.9 Å². The van der Waals surface area contributed by atoms with E-state index >= 15 is 0 Å². The number of rotatable bonds is 2. The second kappa shape index (κ2) is 8.29. The van der Waals surface area contributed by atoms with Crippen LogP contribution >= 0.6 is 55.8 Å². The number of benzene rings is 1. The average Bonchev–Trinajstić information content (AvgIpc) is 2.81. The quantitative estimate of drug-likeness (QED) is 0.413. The van der Waals surface area contributed by atoms with Gasteiger partial charge in [0.2, 0.25) is 11.8 Å². The summed E-state index contributed by atoms with van der Waals surface area (Å²) >= 11 is 13.8. The summed E-state index contributed by atoms with van der Waals surface area (Å²) in [6.45, 7) is 6.31. The Labute approximate surface area is 180 Å². The molecule has 0 aliphatic carbocycles. The molecule has 0 saturated carbocycles. The summed E-state index contributed by atoms with van der Waals surface area (Å²) in [4.78, 5) is 28.8. The summed E-state index contributed by atoms with van der Waals surface area (Å²) < 4.78 is 2.32. The monoisotopic (exact) mass is 518 g/mol. The number of likely N-dealkylation sites (tertiary alicyclic amines) is 1. The third-order valence-corrected chi connectivity index (χ3v) is 7.41. The van der Waals surface area contributed by atoms with Gasteiger partial charge in [0.1, 0.15) is 9.57 Å². The minimum Gasteiger partial charge on any atom is -0.357 e. The van der Waals surface area contributed by atoms with Crippen molar-refractivity contribution in [1.82, 2.24) is 4.90 Å². The van der Waals surface area contributed by atoms with E-state index in [0.29, 0.717) is 22.0 Å². The maximum atomic E-state index is 12.9. The fourth-order valence-corrected chi connectivity index (χ4v) is 6.32. The van der Waals surface area contributed by atoms with Gasteiger partial charge in [0.05, 0.1) is 5.69 Å². The third kappa shape index (κ3) is 4.34. The van der Waals surface area contributed by atoms with Crippen LogP contribution < -0.4 is 4.90 Å². The lowest BCUT2D eigenvalue weighted by molar-refractivity contribution is -0.121. The van der Waals surface area contributed by atoms with Gasteiger partial charge in [-0.05, 0) is 52.4 Å². The van der Waals surface area contributed by atoms with Crippen LogP contribution in [0.5, 0.6) is 0 Å². The Balaban J connectivity index is 1.71. The molecule has 0 radical (unpaired) electrons. The lowest BCUT2D eigenvalue weighted by Gasteiger charge is -2.36. The van der Waals surface area contributed by atoms with Crippen LogP contribution in [0.2, 0.25) is 0 Å². The largest absolute Gasteiger partial charge is 0.357 e. The zero-order valence-electron chi connectivity index (χ0n) is 14.6. The highest BCUT2D eigenvalue weighted by atomic mass is 79.9. The van der Waals surface area contributed by atoms with Crippen molar-refractivity contribution in [2.45, 2.75) is 31.9 Å². The van der Waals surface area contributed by atoms with Crippen molar-refractivity contribution in [3.63, 3.8) is 0 Å². The van der Waals surface area contributed by atoms with Crippen molar-refractivity contribution in [3.05, 3.63) is 27.1 Å². The molecule has 2 heterocycles. The van der Waals surface area contributed by atoms with E-state index in [1.54, 1.807) is 6.07 Å². The number of thiocarbonyl (C=S) groups is 1. The van der Waals surface area contributed by atoms with Crippen molar-refractivity contribution < 1.29 is 9.59 Å². The number of anilines is 1. The van der Waals surface area contributed by atoms with Crippen LogP contribution in [0.25, 0.3) is 0 Å². The molecule has 2 aliphatic rings. The molecule has 3 atom stereocenters. The molecule has 8 heteroatoms. The fourth-order valence-electron chi connectivity index (χ4n) is 3.62. The molecule has 3 unspecified atom stereocenters. The van der Waals surface area contributed by atoms with Crippen LogP contribution in [0, 0.1) is 11.8 Å². The van der Waals surface area contributed by atoms with Gasteiger partial charge in [-0.3, -0.25) is 9.59 Å². The first-order valence-electron chi connectivity index (χ1n) is 8.53. The molecule has 0 spiro atoms. The Morgan fingerprint density at radius 3 is 2.46 bits per heavy atom. The first-order valence-corrected chi connectivity index (χ1v) is 11.4. The van der Waals surface area contributed by atoms with Crippen molar-refractivity contribution in [1.29, 1.82) is 0 Å². The van der Waals surface area contributed by atoms with Crippen LogP contribution in [0.3, 0.4) is 0 Å². The van der Waals surface area contributed by atoms with E-state index in [9.17, 15) is 9.59 Å². The third-order valence-electron chi connectivity index (χ3n) is 4.63. The molecule has 2 amide bonds. The first kappa shape index (κ1) is 20.3. The molecule has 140 valence electrons. The van der Waals surface area contributed by atoms with Gasteiger partial charge in [-0.2, -0.15) is 0 Å². The predicted octanol–water partition coefficient (Wildman–Crippen LogP) is 4.84. The summed E-state index contributed by atoms with van der Waals surface area (Å²) in [6.07, 6.45) is 1.39. The topological polar surface area (TPSA) is 40.6 Å². The number of amides is 2. The van der Waals surface area contributed by atoms with Gasteiger partial charge in [-0.15, -0.1) is 0 Å². The average molecular weight is 520 g/mol. The maximum absolute atomic E-state index is 12.9. The van der Waals surface area contributed by atoms with Gasteiger partial charge in [0, 0.05) is 28.5 Å². The van der Waals surface area contributed by atoms with Crippen LogP contribution in [-0.2, 0) is 9.59 Å². The molecule has 26 heavy (non-hydrogen) atoms. The van der Waals surface area contributed by atoms with Crippen molar-refractivity contribution in [2.24, 2.45) is 11.8 Å². The Morgan fingerprint density at radius 1 is 1.19 bits per heavy atom. The number of thioether (sulfide) groups is 1. The van der Waals surface area contributed by atoms with Crippen molar-refractivity contribution >= 4 is 77.7 Å². The second-order valence-electron chi connectivity index (χ2n) is 7.09. The molecular formula is C18H20Br2N2O2S2. The normalized spacial score (nSPS) is 26.5. The lowest BCUT2D eigenvalue weighted by Crippen LogP contribution is -2.41. The van der Waals surface area contributed by atoms with Crippen molar-refractivity contribution in [2.75, 3.05) is 18.0 Å². The molecule has 2 aliphatic heterocycles. The van der Waals surface area contributed by atoms with Crippen molar-refractivity contribution in [3.8, 4) is 0 Å². The smallest absolute Gasteiger partial charge is 0.247 e. The number of hydrogen-bond donors (Lipinski definition) is 0. The molecule has 3 rings (SSSR count). The maximum Gasteiger partial charge on any atom is 0.247 e. The molecule has 2 saturated heterocycles. The minimum atomic E-state index is -0.446. The number of imide groups is 1. The van der Waals surface area contributed by atoms with Gasteiger partial charge in [0.25, 0.3) is 0 Å². The van der Waals surface area contributed by atoms with E-state index in [-0.39, 0.29) is 18.2 Å². The van der Waals surface area contributed by atoms with Crippen LogP contribution in [-0.4, -0.2) is 39.4 Å². The second-order valence-corrected chi connectivity index (χ2v) is 10.7. The van der Waals surface area contributed by atoms with Gasteiger partial charge >= 0.3 is 0 Å². The number of piperidine rings is 1. The van der Waals surface area contributed by atoms with Gasteiger partial charge in [-0.25, -0.2) is 4.90 Å².